The van der Waals surface area contributed by atoms with E-state index in [9.17, 15) is 0 Å². The standard InChI is InChI=1S/C16H14ClNO2/c17-13-4-6-14(7-5-13)19-10-15-8-11-2-1-3-12(9-18)16(11)20-15/h1-8H,9-10,18H2. The van der Waals surface area contributed by atoms with E-state index >= 15 is 0 Å². The van der Waals surface area contributed by atoms with Crippen molar-refractivity contribution in [2.75, 3.05) is 0 Å². The first-order valence-corrected chi connectivity index (χ1v) is 6.73. The average molecular weight is 288 g/mol. The zero-order valence-corrected chi connectivity index (χ0v) is 11.6. The van der Waals surface area contributed by atoms with Crippen LogP contribution < -0.4 is 10.5 Å². The Bertz CT molecular complexity index is 719. The molecule has 3 rings (SSSR count). The van der Waals surface area contributed by atoms with Crippen LogP contribution in [0.1, 0.15) is 11.3 Å². The van der Waals surface area contributed by atoms with E-state index in [0.717, 1.165) is 28.0 Å². The normalized spacial score (nSPS) is 10.9. The van der Waals surface area contributed by atoms with Crippen LogP contribution in [0.4, 0.5) is 0 Å². The summed E-state index contributed by atoms with van der Waals surface area (Å²) in [6, 6.07) is 15.2. The molecule has 4 heteroatoms. The van der Waals surface area contributed by atoms with E-state index < -0.39 is 0 Å². The summed E-state index contributed by atoms with van der Waals surface area (Å²) in [4.78, 5) is 0. The molecule has 2 aromatic carbocycles. The summed E-state index contributed by atoms with van der Waals surface area (Å²) < 4.78 is 11.5. The third-order valence-electron chi connectivity index (χ3n) is 3.09. The van der Waals surface area contributed by atoms with Crippen molar-refractivity contribution < 1.29 is 9.15 Å². The summed E-state index contributed by atoms with van der Waals surface area (Å²) in [5.41, 5.74) is 7.54. The lowest BCUT2D eigenvalue weighted by Crippen LogP contribution is -1.95. The third kappa shape index (κ3) is 2.64. The molecule has 0 amide bonds. The number of rotatable bonds is 4. The van der Waals surface area contributed by atoms with Crippen LogP contribution in [0.2, 0.25) is 5.02 Å². The van der Waals surface area contributed by atoms with E-state index in [1.165, 1.54) is 0 Å². The lowest BCUT2D eigenvalue weighted by molar-refractivity contribution is 0.274. The maximum atomic E-state index is 5.83. The Morgan fingerprint density at radius 1 is 1.10 bits per heavy atom. The Hall–Kier alpha value is -1.97. The largest absolute Gasteiger partial charge is 0.486 e. The van der Waals surface area contributed by atoms with Crippen molar-refractivity contribution in [1.82, 2.24) is 0 Å². The molecule has 0 aliphatic heterocycles. The lowest BCUT2D eigenvalue weighted by Gasteiger charge is -2.03. The number of ether oxygens (including phenoxy) is 1. The minimum absolute atomic E-state index is 0.375. The van der Waals surface area contributed by atoms with Crippen molar-refractivity contribution in [2.24, 2.45) is 5.73 Å². The second-order valence-corrected chi connectivity index (χ2v) is 4.93. The minimum Gasteiger partial charge on any atom is -0.486 e. The van der Waals surface area contributed by atoms with Crippen molar-refractivity contribution in [1.29, 1.82) is 0 Å². The molecule has 3 nitrogen and oxygen atoms in total. The molecule has 0 bridgehead atoms. The molecule has 20 heavy (non-hydrogen) atoms. The topological polar surface area (TPSA) is 48.4 Å². The highest BCUT2D eigenvalue weighted by atomic mass is 35.5. The maximum Gasteiger partial charge on any atom is 0.146 e. The van der Waals surface area contributed by atoms with Gasteiger partial charge in [0.25, 0.3) is 0 Å². The Kier molecular flexibility index (Phi) is 3.63. The van der Waals surface area contributed by atoms with Gasteiger partial charge >= 0.3 is 0 Å². The number of furan rings is 1. The summed E-state index contributed by atoms with van der Waals surface area (Å²) in [7, 11) is 0. The number of halogens is 1. The van der Waals surface area contributed by atoms with E-state index in [4.69, 9.17) is 26.5 Å². The summed E-state index contributed by atoms with van der Waals surface area (Å²) in [6.45, 7) is 0.836. The molecular formula is C16H14ClNO2. The van der Waals surface area contributed by atoms with Crippen LogP contribution in [0.5, 0.6) is 5.75 Å². The highest BCUT2D eigenvalue weighted by Crippen LogP contribution is 2.24. The van der Waals surface area contributed by atoms with Gasteiger partial charge in [-0.1, -0.05) is 29.8 Å². The number of benzene rings is 2. The molecule has 0 unspecified atom stereocenters. The van der Waals surface area contributed by atoms with Crippen molar-refractivity contribution in [3.8, 4) is 5.75 Å². The van der Waals surface area contributed by atoms with Gasteiger partial charge < -0.3 is 14.9 Å². The number of hydrogen-bond donors (Lipinski definition) is 1. The highest BCUT2D eigenvalue weighted by molar-refractivity contribution is 6.30. The van der Waals surface area contributed by atoms with Gasteiger partial charge in [0.05, 0.1) is 0 Å². The molecular weight excluding hydrogens is 274 g/mol. The monoisotopic (exact) mass is 287 g/mol. The quantitative estimate of drug-likeness (QED) is 0.785. The van der Waals surface area contributed by atoms with E-state index in [-0.39, 0.29) is 0 Å². The predicted molar refractivity (Wildman–Crippen MR) is 79.9 cm³/mol. The van der Waals surface area contributed by atoms with Gasteiger partial charge in [0.2, 0.25) is 0 Å². The second kappa shape index (κ2) is 5.57. The van der Waals surface area contributed by atoms with Crippen LogP contribution in [0.25, 0.3) is 11.0 Å². The molecule has 1 heterocycles. The van der Waals surface area contributed by atoms with E-state index in [1.54, 1.807) is 12.1 Å². The number of para-hydroxylation sites is 1. The Morgan fingerprint density at radius 3 is 2.65 bits per heavy atom. The van der Waals surface area contributed by atoms with Crippen molar-refractivity contribution >= 4 is 22.6 Å². The van der Waals surface area contributed by atoms with Gasteiger partial charge in [-0.2, -0.15) is 0 Å². The molecule has 102 valence electrons. The molecule has 2 N–H and O–H groups in total. The molecule has 0 saturated carbocycles. The average Bonchev–Trinajstić information content (AvgIpc) is 2.89. The van der Waals surface area contributed by atoms with Crippen molar-refractivity contribution in [3.05, 3.63) is 64.9 Å². The van der Waals surface area contributed by atoms with Crippen molar-refractivity contribution in [3.63, 3.8) is 0 Å². The molecule has 0 radical (unpaired) electrons. The van der Waals surface area contributed by atoms with Crippen LogP contribution in [0.3, 0.4) is 0 Å². The Labute approximate surface area is 121 Å². The fourth-order valence-corrected chi connectivity index (χ4v) is 2.22. The predicted octanol–water partition coefficient (Wildman–Crippen LogP) is 4.12. The van der Waals surface area contributed by atoms with Gasteiger partial charge in [0.15, 0.2) is 0 Å². The first-order valence-electron chi connectivity index (χ1n) is 6.35. The smallest absolute Gasteiger partial charge is 0.146 e. The van der Waals surface area contributed by atoms with Gasteiger partial charge in [0.1, 0.15) is 23.7 Å². The minimum atomic E-state index is 0.375. The third-order valence-corrected chi connectivity index (χ3v) is 3.34. The lowest BCUT2D eigenvalue weighted by atomic mass is 10.1. The van der Waals surface area contributed by atoms with E-state index in [2.05, 4.69) is 0 Å². The van der Waals surface area contributed by atoms with Crippen LogP contribution in [-0.2, 0) is 13.2 Å². The van der Waals surface area contributed by atoms with Gasteiger partial charge in [-0.15, -0.1) is 0 Å². The molecule has 0 saturated heterocycles. The first kappa shape index (κ1) is 13.0. The van der Waals surface area contributed by atoms with Gasteiger partial charge in [-0.25, -0.2) is 0 Å². The van der Waals surface area contributed by atoms with Crippen molar-refractivity contribution in [2.45, 2.75) is 13.2 Å². The highest BCUT2D eigenvalue weighted by Gasteiger charge is 2.07. The Balaban J connectivity index is 1.79. The molecule has 0 aliphatic carbocycles. The van der Waals surface area contributed by atoms with Crippen LogP contribution >= 0.6 is 11.6 Å². The number of nitrogens with two attached hydrogens (primary N) is 1. The fraction of sp³-hybridized carbons (Fsp3) is 0.125. The fourth-order valence-electron chi connectivity index (χ4n) is 2.09. The first-order chi connectivity index (χ1) is 9.76. The van der Waals surface area contributed by atoms with Crippen LogP contribution in [-0.4, -0.2) is 0 Å². The molecule has 0 aliphatic rings. The zero-order valence-electron chi connectivity index (χ0n) is 10.8. The maximum absolute atomic E-state index is 5.83. The Morgan fingerprint density at radius 2 is 1.90 bits per heavy atom. The van der Waals surface area contributed by atoms with Gasteiger partial charge in [-0.3, -0.25) is 0 Å². The van der Waals surface area contributed by atoms with Crippen LogP contribution in [0, 0.1) is 0 Å². The zero-order chi connectivity index (χ0) is 13.9. The van der Waals surface area contributed by atoms with E-state index in [0.29, 0.717) is 18.2 Å². The van der Waals surface area contributed by atoms with Crippen LogP contribution in [0.15, 0.2) is 52.9 Å². The second-order valence-electron chi connectivity index (χ2n) is 4.49. The summed E-state index contributed by atoms with van der Waals surface area (Å²) in [5.74, 6) is 1.53. The molecule has 1 aromatic heterocycles. The van der Waals surface area contributed by atoms with Gasteiger partial charge in [-0.05, 0) is 30.3 Å². The summed E-state index contributed by atoms with van der Waals surface area (Å²) in [6.07, 6.45) is 0. The van der Waals surface area contributed by atoms with E-state index in [1.807, 2.05) is 36.4 Å². The molecule has 0 atom stereocenters. The number of hydrogen-bond acceptors (Lipinski definition) is 3. The SMILES string of the molecule is NCc1cccc2cc(COc3ccc(Cl)cc3)oc12. The summed E-state index contributed by atoms with van der Waals surface area (Å²) in [5, 5.41) is 1.73. The molecule has 3 aromatic rings. The summed E-state index contributed by atoms with van der Waals surface area (Å²) >= 11 is 5.83. The van der Waals surface area contributed by atoms with Gasteiger partial charge in [0, 0.05) is 22.5 Å². The number of fused-ring (bicyclic) bond motifs is 1. The molecule has 0 spiro atoms. The molecule has 0 fully saturated rings.